The largest absolute Gasteiger partial charge is 0.497 e. The molecule has 0 aliphatic carbocycles. The Morgan fingerprint density at radius 1 is 1.11 bits per heavy atom. The Balaban J connectivity index is 0.00000400. The maximum Gasteiger partial charge on any atom is 0.410 e. The number of thioether (sulfide) groups is 1. The molecule has 2 saturated heterocycles. The summed E-state index contributed by atoms with van der Waals surface area (Å²) in [5, 5.41) is 14.3. The molecule has 2 fully saturated rings. The van der Waals surface area contributed by atoms with Gasteiger partial charge in [0.25, 0.3) is 5.69 Å². The van der Waals surface area contributed by atoms with Gasteiger partial charge >= 0.3 is 6.09 Å². The van der Waals surface area contributed by atoms with E-state index < -0.39 is 17.1 Å². The van der Waals surface area contributed by atoms with Crippen LogP contribution in [0, 0.1) is 10.1 Å². The number of amides is 2. The van der Waals surface area contributed by atoms with E-state index in [9.17, 15) is 19.7 Å². The highest BCUT2D eigenvalue weighted by atomic mass is 35.5. The first kappa shape index (κ1) is 29.5. The number of hydrogen-bond acceptors (Lipinski definition) is 8. The molecule has 2 aliphatic heterocycles. The molecule has 2 aliphatic rings. The number of piperazine rings is 1. The van der Waals surface area contributed by atoms with Crippen molar-refractivity contribution in [2.24, 2.45) is 0 Å². The Labute approximate surface area is 232 Å². The highest BCUT2D eigenvalue weighted by Gasteiger charge is 2.42. The van der Waals surface area contributed by atoms with Crippen LogP contribution in [0.15, 0.2) is 48.5 Å². The molecule has 206 valence electrons. The monoisotopic (exact) mass is 564 g/mol. The lowest BCUT2D eigenvalue weighted by Crippen LogP contribution is -2.56. The number of ether oxygens (including phenoxy) is 2. The van der Waals surface area contributed by atoms with Crippen molar-refractivity contribution in [1.29, 1.82) is 0 Å². The Bertz CT molecular complexity index is 1100. The number of rotatable bonds is 8. The number of non-ortho nitro benzene ring substituents is 1. The fraction of sp³-hybridized carbons (Fsp3) is 0.462. The highest BCUT2D eigenvalue weighted by molar-refractivity contribution is 7.99. The van der Waals surface area contributed by atoms with E-state index in [4.69, 9.17) is 9.47 Å². The molecule has 0 aromatic heterocycles. The summed E-state index contributed by atoms with van der Waals surface area (Å²) in [6, 6.07) is 13.4. The van der Waals surface area contributed by atoms with E-state index in [1.54, 1.807) is 35.9 Å². The molecule has 0 spiro atoms. The van der Waals surface area contributed by atoms with Crippen LogP contribution in [0.2, 0.25) is 0 Å². The third kappa shape index (κ3) is 7.52. The second-order valence-electron chi connectivity index (χ2n) is 9.30. The van der Waals surface area contributed by atoms with Crippen molar-refractivity contribution in [3.8, 4) is 5.75 Å². The number of nitrogens with zero attached hydrogens (tertiary/aromatic N) is 3. The minimum Gasteiger partial charge on any atom is -0.497 e. The Hall–Kier alpha value is -3.02. The van der Waals surface area contributed by atoms with Gasteiger partial charge in [0.15, 0.2) is 0 Å². The Morgan fingerprint density at radius 3 is 2.42 bits per heavy atom. The first-order valence-corrected chi connectivity index (χ1v) is 13.3. The SMILES string of the molecule is COc1ccc(CS[C@H]2C[C@@H](C(=O)N3CCN[C@@H](C)C3)N(C(=O)OCc3ccc([N+](=O)[O-])cc3)C2)cc1.Cl. The topological polar surface area (TPSA) is 114 Å². The summed E-state index contributed by atoms with van der Waals surface area (Å²) in [7, 11) is 1.63. The number of nitrogens with one attached hydrogen (secondary N) is 1. The molecule has 0 bridgehead atoms. The average molecular weight is 565 g/mol. The number of carbonyl (C=O) groups is 2. The number of halogens is 1. The van der Waals surface area contributed by atoms with Gasteiger partial charge in [0.2, 0.25) is 5.91 Å². The van der Waals surface area contributed by atoms with Crippen LogP contribution in [0.25, 0.3) is 0 Å². The molecule has 12 heteroatoms. The first-order chi connectivity index (χ1) is 17.8. The number of nitro groups is 1. The van der Waals surface area contributed by atoms with Gasteiger partial charge in [-0.05, 0) is 48.7 Å². The lowest BCUT2D eigenvalue weighted by Gasteiger charge is -2.35. The van der Waals surface area contributed by atoms with Crippen molar-refractivity contribution in [2.45, 2.75) is 43.0 Å². The highest BCUT2D eigenvalue weighted by Crippen LogP contribution is 2.32. The summed E-state index contributed by atoms with van der Waals surface area (Å²) in [6.45, 7) is 4.36. The standard InChI is InChI=1S/C26H32N4O6S.ClH/c1-18-14-28(12-11-27-18)25(31)24-13-23(37-17-20-5-9-22(35-2)10-6-20)15-29(24)26(32)36-16-19-3-7-21(8-4-19)30(33)34;/h3-10,18,23-24,27H,11-17H2,1-2H3;1H/t18-,23-,24-;/m0./s1. The van der Waals surface area contributed by atoms with Crippen molar-refractivity contribution in [3.63, 3.8) is 0 Å². The number of hydrogen-bond donors (Lipinski definition) is 1. The van der Waals surface area contributed by atoms with Crippen molar-refractivity contribution in [3.05, 3.63) is 69.8 Å². The molecule has 0 saturated carbocycles. The number of likely N-dealkylation sites (tertiary alicyclic amines) is 1. The molecule has 38 heavy (non-hydrogen) atoms. The lowest BCUT2D eigenvalue weighted by atomic mass is 10.1. The van der Waals surface area contributed by atoms with Gasteiger partial charge in [-0.3, -0.25) is 19.8 Å². The first-order valence-electron chi connectivity index (χ1n) is 12.3. The van der Waals surface area contributed by atoms with Crippen LogP contribution in [-0.4, -0.2) is 77.3 Å². The van der Waals surface area contributed by atoms with Crippen LogP contribution >= 0.6 is 24.2 Å². The zero-order chi connectivity index (χ0) is 26.4. The number of nitro benzene ring substituents is 1. The third-order valence-electron chi connectivity index (χ3n) is 6.62. The second-order valence-corrected chi connectivity index (χ2v) is 10.6. The summed E-state index contributed by atoms with van der Waals surface area (Å²) in [6.07, 6.45) is 0.0114. The molecule has 0 unspecified atom stereocenters. The van der Waals surface area contributed by atoms with Gasteiger partial charge in [-0.15, -0.1) is 12.4 Å². The summed E-state index contributed by atoms with van der Waals surface area (Å²) >= 11 is 1.72. The van der Waals surface area contributed by atoms with Crippen molar-refractivity contribution in [1.82, 2.24) is 15.1 Å². The van der Waals surface area contributed by atoms with E-state index in [-0.39, 0.29) is 41.9 Å². The lowest BCUT2D eigenvalue weighted by molar-refractivity contribution is -0.384. The fourth-order valence-electron chi connectivity index (χ4n) is 4.58. The van der Waals surface area contributed by atoms with Gasteiger partial charge in [0.1, 0.15) is 18.4 Å². The maximum absolute atomic E-state index is 13.5. The number of benzene rings is 2. The molecule has 10 nitrogen and oxygen atoms in total. The normalized spacial score (nSPS) is 20.9. The van der Waals surface area contributed by atoms with Gasteiger partial charge in [-0.25, -0.2) is 4.79 Å². The van der Waals surface area contributed by atoms with Gasteiger partial charge in [0, 0.05) is 55.4 Å². The third-order valence-corrected chi connectivity index (χ3v) is 7.93. The molecular weight excluding hydrogens is 532 g/mol. The molecular formula is C26H33ClN4O6S. The van der Waals surface area contributed by atoms with Crippen molar-refractivity contribution >= 4 is 41.9 Å². The van der Waals surface area contributed by atoms with Gasteiger partial charge in [-0.2, -0.15) is 11.8 Å². The molecule has 1 N–H and O–H groups in total. The minimum atomic E-state index is -0.581. The summed E-state index contributed by atoms with van der Waals surface area (Å²) in [5.74, 6) is 1.51. The summed E-state index contributed by atoms with van der Waals surface area (Å²) in [5.41, 5.74) is 1.76. The quantitative estimate of drug-likeness (QED) is 0.380. The summed E-state index contributed by atoms with van der Waals surface area (Å²) < 4.78 is 10.8. The Morgan fingerprint density at radius 2 is 1.79 bits per heavy atom. The van der Waals surface area contributed by atoms with Gasteiger partial charge in [0.05, 0.1) is 12.0 Å². The maximum atomic E-state index is 13.5. The predicted octanol–water partition coefficient (Wildman–Crippen LogP) is 3.86. The molecule has 3 atom stereocenters. The van der Waals surface area contributed by atoms with Crippen molar-refractivity contribution in [2.75, 3.05) is 33.3 Å². The predicted molar refractivity (Wildman–Crippen MR) is 148 cm³/mol. The molecule has 4 rings (SSSR count). The van der Waals surface area contributed by atoms with E-state index in [0.717, 1.165) is 23.6 Å². The molecule has 2 aromatic carbocycles. The van der Waals surface area contributed by atoms with E-state index in [2.05, 4.69) is 5.32 Å². The number of carbonyl (C=O) groups excluding carboxylic acids is 2. The van der Waals surface area contributed by atoms with Gasteiger partial charge in [-0.1, -0.05) is 12.1 Å². The van der Waals surface area contributed by atoms with Crippen LogP contribution in [0.5, 0.6) is 5.75 Å². The van der Waals surface area contributed by atoms with Crippen LogP contribution in [-0.2, 0) is 21.9 Å². The molecule has 0 radical (unpaired) electrons. The van der Waals surface area contributed by atoms with Crippen LogP contribution in [0.1, 0.15) is 24.5 Å². The van der Waals surface area contributed by atoms with E-state index in [0.29, 0.717) is 31.6 Å². The fourth-order valence-corrected chi connectivity index (χ4v) is 5.78. The van der Waals surface area contributed by atoms with Crippen LogP contribution < -0.4 is 10.1 Å². The second kappa shape index (κ2) is 13.7. The van der Waals surface area contributed by atoms with Gasteiger partial charge < -0.3 is 19.7 Å². The van der Waals surface area contributed by atoms with E-state index in [1.165, 1.54) is 12.1 Å². The van der Waals surface area contributed by atoms with E-state index in [1.807, 2.05) is 36.1 Å². The summed E-state index contributed by atoms with van der Waals surface area (Å²) in [4.78, 5) is 40.4. The number of methoxy groups -OCH3 is 1. The molecule has 2 heterocycles. The zero-order valence-corrected chi connectivity index (χ0v) is 23.0. The minimum absolute atomic E-state index is 0. The van der Waals surface area contributed by atoms with Crippen LogP contribution in [0.3, 0.4) is 0 Å². The average Bonchev–Trinajstić information content (AvgIpc) is 3.35. The smallest absolute Gasteiger partial charge is 0.410 e. The zero-order valence-electron chi connectivity index (χ0n) is 21.4. The van der Waals surface area contributed by atoms with Crippen LogP contribution in [0.4, 0.5) is 10.5 Å². The molecule has 2 amide bonds. The Kier molecular flexibility index (Phi) is 10.6. The van der Waals surface area contributed by atoms with E-state index >= 15 is 0 Å². The van der Waals surface area contributed by atoms with Crippen molar-refractivity contribution < 1.29 is 24.0 Å². The molecule has 2 aromatic rings.